The van der Waals surface area contributed by atoms with E-state index in [2.05, 4.69) is 23.8 Å². The van der Waals surface area contributed by atoms with Crippen LogP contribution in [0.25, 0.3) is 11.2 Å². The van der Waals surface area contributed by atoms with E-state index in [1.165, 1.54) is 4.57 Å². The molecule has 7 nitrogen and oxygen atoms in total. The van der Waals surface area contributed by atoms with E-state index in [-0.39, 0.29) is 5.56 Å². The van der Waals surface area contributed by atoms with Gasteiger partial charge in [-0.25, -0.2) is 4.79 Å². The number of nitrogens with one attached hydrogen (secondary N) is 1. The van der Waals surface area contributed by atoms with Crippen LogP contribution < -0.4 is 16.1 Å². The second kappa shape index (κ2) is 5.15. The lowest BCUT2D eigenvalue weighted by Gasteiger charge is -2.15. The monoisotopic (exact) mass is 279 g/mol. The van der Waals surface area contributed by atoms with Gasteiger partial charge in [0.1, 0.15) is 0 Å². The van der Waals surface area contributed by atoms with Gasteiger partial charge in [-0.05, 0) is 12.3 Å². The summed E-state index contributed by atoms with van der Waals surface area (Å²) >= 11 is 0. The first-order chi connectivity index (χ1) is 9.32. The van der Waals surface area contributed by atoms with Gasteiger partial charge in [0.15, 0.2) is 11.2 Å². The number of aromatic amines is 1. The predicted octanol–water partition coefficient (Wildman–Crippen LogP) is 0.535. The molecule has 0 aromatic carbocycles. The molecule has 0 unspecified atom stereocenters. The van der Waals surface area contributed by atoms with Crippen LogP contribution >= 0.6 is 0 Å². The zero-order valence-corrected chi connectivity index (χ0v) is 12.6. The number of anilines is 1. The van der Waals surface area contributed by atoms with Gasteiger partial charge in [0.05, 0.1) is 0 Å². The number of fused-ring (bicyclic) bond motifs is 1. The molecule has 0 amide bonds. The molecule has 0 saturated heterocycles. The van der Waals surface area contributed by atoms with E-state index in [9.17, 15) is 9.59 Å². The van der Waals surface area contributed by atoms with Crippen molar-refractivity contribution in [3.05, 3.63) is 20.8 Å². The third kappa shape index (κ3) is 2.35. The maximum atomic E-state index is 12.1. The fourth-order valence-electron chi connectivity index (χ4n) is 2.16. The summed E-state index contributed by atoms with van der Waals surface area (Å²) in [4.78, 5) is 32.4. The molecule has 1 N–H and O–H groups in total. The average molecular weight is 279 g/mol. The van der Waals surface area contributed by atoms with Gasteiger partial charge in [-0.2, -0.15) is 4.98 Å². The molecule has 2 aromatic rings. The molecule has 2 heterocycles. The van der Waals surface area contributed by atoms with E-state index < -0.39 is 5.69 Å². The first-order valence-electron chi connectivity index (χ1n) is 6.69. The summed E-state index contributed by atoms with van der Waals surface area (Å²) in [5, 5.41) is 0. The Morgan fingerprint density at radius 2 is 1.95 bits per heavy atom. The van der Waals surface area contributed by atoms with Gasteiger partial charge < -0.3 is 9.47 Å². The average Bonchev–Trinajstić information content (AvgIpc) is 2.73. The highest BCUT2D eigenvalue weighted by molar-refractivity contribution is 5.74. The van der Waals surface area contributed by atoms with Crippen molar-refractivity contribution < 1.29 is 0 Å². The van der Waals surface area contributed by atoms with Crippen molar-refractivity contribution in [3.8, 4) is 0 Å². The Morgan fingerprint density at radius 3 is 2.50 bits per heavy atom. The fourth-order valence-corrected chi connectivity index (χ4v) is 2.16. The molecule has 2 aromatic heterocycles. The molecular weight excluding hydrogens is 258 g/mol. The highest BCUT2D eigenvalue weighted by Crippen LogP contribution is 2.19. The molecule has 0 aliphatic carbocycles. The second-order valence-electron chi connectivity index (χ2n) is 5.63. The minimum absolute atomic E-state index is 0.382. The van der Waals surface area contributed by atoms with Crippen LogP contribution in [-0.2, 0) is 13.6 Å². The Labute approximate surface area is 116 Å². The Kier molecular flexibility index (Phi) is 3.69. The van der Waals surface area contributed by atoms with E-state index in [4.69, 9.17) is 0 Å². The van der Waals surface area contributed by atoms with Crippen LogP contribution in [-0.4, -0.2) is 33.2 Å². The zero-order valence-electron chi connectivity index (χ0n) is 12.6. The van der Waals surface area contributed by atoms with Crippen LogP contribution in [0.3, 0.4) is 0 Å². The number of hydrogen-bond acceptors (Lipinski definition) is 4. The number of hydrogen-bond donors (Lipinski definition) is 1. The van der Waals surface area contributed by atoms with Crippen molar-refractivity contribution in [1.82, 2.24) is 19.1 Å². The molecule has 20 heavy (non-hydrogen) atoms. The first kappa shape index (κ1) is 14.4. The minimum atomic E-state index is -0.443. The van der Waals surface area contributed by atoms with Crippen LogP contribution in [0.15, 0.2) is 9.59 Å². The molecule has 0 bridgehead atoms. The highest BCUT2D eigenvalue weighted by Gasteiger charge is 2.18. The molecule has 0 saturated carbocycles. The summed E-state index contributed by atoms with van der Waals surface area (Å²) in [6, 6.07) is 0. The topological polar surface area (TPSA) is 75.9 Å². The second-order valence-corrected chi connectivity index (χ2v) is 5.63. The smallest absolute Gasteiger partial charge is 0.329 e. The molecular formula is C13H21N5O2. The Morgan fingerprint density at radius 1 is 1.30 bits per heavy atom. The normalized spacial score (nSPS) is 11.5. The van der Waals surface area contributed by atoms with E-state index in [0.717, 1.165) is 6.42 Å². The van der Waals surface area contributed by atoms with Gasteiger partial charge in [-0.1, -0.05) is 13.8 Å². The third-order valence-electron chi connectivity index (χ3n) is 3.32. The summed E-state index contributed by atoms with van der Waals surface area (Å²) in [5.41, 5.74) is 0.0522. The molecule has 0 radical (unpaired) electrons. The summed E-state index contributed by atoms with van der Waals surface area (Å²) in [5.74, 6) is 1.21. The third-order valence-corrected chi connectivity index (χ3v) is 3.32. The molecule has 0 aliphatic heterocycles. The molecule has 0 fully saturated rings. The van der Waals surface area contributed by atoms with Gasteiger partial charge in [-0.15, -0.1) is 0 Å². The lowest BCUT2D eigenvalue weighted by Crippen LogP contribution is -2.29. The Balaban J connectivity index is 2.75. The van der Waals surface area contributed by atoms with Gasteiger partial charge in [0.25, 0.3) is 5.56 Å². The molecule has 7 heteroatoms. The van der Waals surface area contributed by atoms with Crippen molar-refractivity contribution in [3.63, 3.8) is 0 Å². The van der Waals surface area contributed by atoms with E-state index in [1.54, 1.807) is 7.05 Å². The number of rotatable bonds is 4. The van der Waals surface area contributed by atoms with Crippen LogP contribution in [0, 0.1) is 5.92 Å². The maximum absolute atomic E-state index is 12.1. The van der Waals surface area contributed by atoms with Gasteiger partial charge in [0.2, 0.25) is 5.95 Å². The summed E-state index contributed by atoms with van der Waals surface area (Å²) in [6.07, 6.45) is 0.939. The Bertz CT molecular complexity index is 736. The van der Waals surface area contributed by atoms with Crippen molar-refractivity contribution in [1.29, 1.82) is 0 Å². The number of aryl methyl sites for hydroxylation is 2. The van der Waals surface area contributed by atoms with Crippen molar-refractivity contribution >= 4 is 17.1 Å². The number of aromatic nitrogens is 4. The molecule has 110 valence electrons. The number of imidazole rings is 1. The van der Waals surface area contributed by atoms with Crippen LogP contribution in [0.4, 0.5) is 5.95 Å². The van der Waals surface area contributed by atoms with Gasteiger partial charge >= 0.3 is 5.69 Å². The van der Waals surface area contributed by atoms with Gasteiger partial charge in [0, 0.05) is 27.7 Å². The molecule has 2 rings (SSSR count). The SMILES string of the molecule is CC(C)CCn1c(N(C)C)nc2c1c(=O)[nH]c(=O)n2C. The zero-order chi connectivity index (χ0) is 15.0. The van der Waals surface area contributed by atoms with Crippen molar-refractivity contribution in [2.45, 2.75) is 26.8 Å². The lowest BCUT2D eigenvalue weighted by atomic mass is 10.1. The molecule has 0 spiro atoms. The van der Waals surface area contributed by atoms with E-state index in [1.807, 2.05) is 23.6 Å². The first-order valence-corrected chi connectivity index (χ1v) is 6.69. The van der Waals surface area contributed by atoms with Crippen molar-refractivity contribution in [2.75, 3.05) is 19.0 Å². The number of nitrogens with zero attached hydrogens (tertiary/aromatic N) is 4. The fraction of sp³-hybridized carbons (Fsp3) is 0.615. The standard InChI is InChI=1S/C13H21N5O2/c1-8(2)6-7-18-9-10(14-12(18)16(3)4)17(5)13(20)15-11(9)19/h8H,6-7H2,1-5H3,(H,15,19,20). The van der Waals surface area contributed by atoms with E-state index in [0.29, 0.717) is 29.6 Å². The van der Waals surface area contributed by atoms with Crippen LogP contribution in [0.5, 0.6) is 0 Å². The quantitative estimate of drug-likeness (QED) is 0.886. The van der Waals surface area contributed by atoms with Crippen LogP contribution in [0.2, 0.25) is 0 Å². The molecule has 0 atom stereocenters. The maximum Gasteiger partial charge on any atom is 0.329 e. The summed E-state index contributed by atoms with van der Waals surface area (Å²) < 4.78 is 3.25. The predicted molar refractivity (Wildman–Crippen MR) is 79.4 cm³/mol. The molecule has 0 aliphatic rings. The van der Waals surface area contributed by atoms with Crippen LogP contribution in [0.1, 0.15) is 20.3 Å². The van der Waals surface area contributed by atoms with Gasteiger partial charge in [-0.3, -0.25) is 14.3 Å². The minimum Gasteiger partial charge on any atom is -0.348 e. The number of H-pyrrole nitrogens is 1. The summed E-state index contributed by atoms with van der Waals surface area (Å²) in [6.45, 7) is 4.96. The largest absolute Gasteiger partial charge is 0.348 e. The van der Waals surface area contributed by atoms with E-state index >= 15 is 0 Å². The highest BCUT2D eigenvalue weighted by atomic mass is 16.2. The summed E-state index contributed by atoms with van der Waals surface area (Å²) in [7, 11) is 5.36. The Hall–Kier alpha value is -2.05. The lowest BCUT2D eigenvalue weighted by molar-refractivity contribution is 0.522. The van der Waals surface area contributed by atoms with Crippen molar-refractivity contribution in [2.24, 2.45) is 13.0 Å².